The summed E-state index contributed by atoms with van der Waals surface area (Å²) in [6, 6.07) is 8.04. The van der Waals surface area contributed by atoms with E-state index in [0.29, 0.717) is 19.6 Å². The zero-order valence-corrected chi connectivity index (χ0v) is 15.3. The van der Waals surface area contributed by atoms with Gasteiger partial charge >= 0.3 is 6.03 Å². The van der Waals surface area contributed by atoms with Gasteiger partial charge in [0.15, 0.2) is 0 Å². The summed E-state index contributed by atoms with van der Waals surface area (Å²) < 4.78 is 10.6. The largest absolute Gasteiger partial charge is 0.497 e. The number of nitrogens with one attached hydrogen (secondary N) is 1. The Balaban J connectivity index is 1.76. The smallest absolute Gasteiger partial charge is 0.317 e. The van der Waals surface area contributed by atoms with Gasteiger partial charge in [-0.05, 0) is 56.4 Å². The number of hydrogen-bond donors (Lipinski definition) is 1. The van der Waals surface area contributed by atoms with Crippen LogP contribution in [0.4, 0.5) is 4.79 Å². The van der Waals surface area contributed by atoms with Gasteiger partial charge in [0, 0.05) is 19.6 Å². The maximum Gasteiger partial charge on any atom is 0.317 e. The highest BCUT2D eigenvalue weighted by Crippen LogP contribution is 2.29. The summed E-state index contributed by atoms with van der Waals surface area (Å²) in [6.07, 6.45) is 3.09. The lowest BCUT2D eigenvalue weighted by Gasteiger charge is -2.34. The molecule has 1 heterocycles. The number of nitrogens with zero attached hydrogens (tertiary/aromatic N) is 2. The van der Waals surface area contributed by atoms with Crippen LogP contribution >= 0.6 is 0 Å². The molecule has 1 aliphatic rings. The molecule has 0 aliphatic carbocycles. The SMILES string of the molecule is COc1ccc(OC)c(CCCNC(=O)N2CCC(C)(C#N)CC2)c1. The lowest BCUT2D eigenvalue weighted by molar-refractivity contribution is 0.156. The number of piperidine rings is 1. The molecule has 1 aromatic carbocycles. The average molecular weight is 345 g/mol. The van der Waals surface area contributed by atoms with Crippen molar-refractivity contribution >= 4 is 6.03 Å². The van der Waals surface area contributed by atoms with Crippen LogP contribution in [0, 0.1) is 16.7 Å². The van der Waals surface area contributed by atoms with E-state index in [2.05, 4.69) is 11.4 Å². The second-order valence-corrected chi connectivity index (χ2v) is 6.67. The quantitative estimate of drug-likeness (QED) is 0.804. The minimum absolute atomic E-state index is 0.0439. The van der Waals surface area contributed by atoms with Crippen molar-refractivity contribution in [1.82, 2.24) is 10.2 Å². The van der Waals surface area contributed by atoms with E-state index >= 15 is 0 Å². The van der Waals surface area contributed by atoms with Crippen LogP contribution in [0.3, 0.4) is 0 Å². The molecule has 136 valence electrons. The van der Waals surface area contributed by atoms with Crippen LogP contribution in [-0.4, -0.2) is 44.8 Å². The minimum Gasteiger partial charge on any atom is -0.497 e. The molecule has 1 fully saturated rings. The molecule has 0 saturated carbocycles. The first kappa shape index (κ1) is 18.9. The summed E-state index contributed by atoms with van der Waals surface area (Å²) in [5.74, 6) is 1.63. The van der Waals surface area contributed by atoms with E-state index in [9.17, 15) is 4.79 Å². The van der Waals surface area contributed by atoms with Crippen LogP contribution in [0.2, 0.25) is 0 Å². The number of benzene rings is 1. The molecular weight excluding hydrogens is 318 g/mol. The van der Waals surface area contributed by atoms with Crippen molar-refractivity contribution in [2.24, 2.45) is 5.41 Å². The van der Waals surface area contributed by atoms with E-state index in [0.717, 1.165) is 42.7 Å². The summed E-state index contributed by atoms with van der Waals surface area (Å²) in [5, 5.41) is 12.1. The summed E-state index contributed by atoms with van der Waals surface area (Å²) in [6.45, 7) is 3.84. The van der Waals surface area contributed by atoms with Gasteiger partial charge in [-0.25, -0.2) is 4.79 Å². The number of methoxy groups -OCH3 is 2. The third-order valence-corrected chi connectivity index (χ3v) is 4.81. The number of rotatable bonds is 6. The second-order valence-electron chi connectivity index (χ2n) is 6.67. The van der Waals surface area contributed by atoms with Crippen LogP contribution in [0.1, 0.15) is 31.7 Å². The van der Waals surface area contributed by atoms with Gasteiger partial charge in [0.05, 0.1) is 25.7 Å². The molecule has 0 unspecified atom stereocenters. The molecule has 0 spiro atoms. The molecule has 6 nitrogen and oxygen atoms in total. The molecule has 25 heavy (non-hydrogen) atoms. The summed E-state index contributed by atoms with van der Waals surface area (Å²) in [5.41, 5.74) is 0.776. The van der Waals surface area contributed by atoms with Crippen LogP contribution in [0.5, 0.6) is 11.5 Å². The first-order chi connectivity index (χ1) is 12.0. The molecular formula is C19H27N3O3. The lowest BCUT2D eigenvalue weighted by Crippen LogP contribution is -2.46. The first-order valence-electron chi connectivity index (χ1n) is 8.66. The van der Waals surface area contributed by atoms with E-state index in [1.807, 2.05) is 25.1 Å². The number of urea groups is 1. The zero-order valence-electron chi connectivity index (χ0n) is 15.3. The molecule has 1 aliphatic heterocycles. The lowest BCUT2D eigenvalue weighted by atomic mass is 9.82. The van der Waals surface area contributed by atoms with Gasteiger partial charge in [-0.2, -0.15) is 5.26 Å². The van der Waals surface area contributed by atoms with Gasteiger partial charge in [-0.1, -0.05) is 0 Å². The van der Waals surface area contributed by atoms with E-state index in [1.165, 1.54) is 0 Å². The topological polar surface area (TPSA) is 74.6 Å². The highest BCUT2D eigenvalue weighted by atomic mass is 16.5. The maximum absolute atomic E-state index is 12.2. The van der Waals surface area contributed by atoms with Crippen LogP contribution in [0.25, 0.3) is 0 Å². The van der Waals surface area contributed by atoms with Crippen molar-refractivity contribution in [1.29, 1.82) is 5.26 Å². The van der Waals surface area contributed by atoms with Crippen LogP contribution in [-0.2, 0) is 6.42 Å². The van der Waals surface area contributed by atoms with Gasteiger partial charge in [-0.3, -0.25) is 0 Å². The molecule has 1 aromatic rings. The van der Waals surface area contributed by atoms with Gasteiger partial charge in [0.2, 0.25) is 0 Å². The number of hydrogen-bond acceptors (Lipinski definition) is 4. The van der Waals surface area contributed by atoms with Crippen LogP contribution in [0.15, 0.2) is 18.2 Å². The Morgan fingerprint density at radius 1 is 1.32 bits per heavy atom. The van der Waals surface area contributed by atoms with Gasteiger partial charge < -0.3 is 19.7 Å². The molecule has 1 saturated heterocycles. The molecule has 0 radical (unpaired) electrons. The normalized spacial score (nSPS) is 16.0. The van der Waals surface area contributed by atoms with Crippen molar-refractivity contribution in [2.45, 2.75) is 32.6 Å². The maximum atomic E-state index is 12.2. The zero-order chi connectivity index (χ0) is 18.3. The molecule has 2 rings (SSSR count). The fourth-order valence-corrected chi connectivity index (χ4v) is 2.98. The summed E-state index contributed by atoms with van der Waals surface area (Å²) in [4.78, 5) is 14.0. The third kappa shape index (κ3) is 5.02. The Bertz CT molecular complexity index is 631. The van der Waals surface area contributed by atoms with Gasteiger partial charge in [0.1, 0.15) is 11.5 Å². The first-order valence-corrected chi connectivity index (χ1v) is 8.66. The average Bonchev–Trinajstić information content (AvgIpc) is 2.65. The van der Waals surface area contributed by atoms with Crippen molar-refractivity contribution in [2.75, 3.05) is 33.9 Å². The van der Waals surface area contributed by atoms with Crippen molar-refractivity contribution in [3.8, 4) is 17.6 Å². The van der Waals surface area contributed by atoms with E-state index in [1.54, 1.807) is 19.1 Å². The Morgan fingerprint density at radius 2 is 2.04 bits per heavy atom. The van der Waals surface area contributed by atoms with Crippen molar-refractivity contribution in [3.05, 3.63) is 23.8 Å². The van der Waals surface area contributed by atoms with Crippen molar-refractivity contribution < 1.29 is 14.3 Å². The second kappa shape index (κ2) is 8.61. The Labute approximate surface area is 149 Å². The van der Waals surface area contributed by atoms with Crippen molar-refractivity contribution in [3.63, 3.8) is 0 Å². The number of nitriles is 1. The number of amides is 2. The summed E-state index contributed by atoms with van der Waals surface area (Å²) >= 11 is 0. The van der Waals surface area contributed by atoms with Gasteiger partial charge in [-0.15, -0.1) is 0 Å². The minimum atomic E-state index is -0.292. The van der Waals surface area contributed by atoms with E-state index < -0.39 is 0 Å². The summed E-state index contributed by atoms with van der Waals surface area (Å²) in [7, 11) is 3.29. The predicted molar refractivity (Wildman–Crippen MR) is 95.8 cm³/mol. The molecule has 1 N–H and O–H groups in total. The number of aryl methyl sites for hydroxylation is 1. The number of likely N-dealkylation sites (tertiary alicyclic amines) is 1. The highest BCUT2D eigenvalue weighted by Gasteiger charge is 2.31. The number of carbonyl (C=O) groups is 1. The molecule has 0 bridgehead atoms. The molecule has 2 amide bonds. The molecule has 0 aromatic heterocycles. The molecule has 6 heteroatoms. The standard InChI is InChI=1S/C19H27N3O3/c1-19(14-20)8-11-22(12-9-19)18(23)21-10-4-5-15-13-16(24-2)6-7-17(15)25-3/h6-7,13H,4-5,8-12H2,1-3H3,(H,21,23). The fraction of sp³-hybridized carbons (Fsp3) is 0.579. The highest BCUT2D eigenvalue weighted by molar-refractivity contribution is 5.74. The number of ether oxygens (including phenoxy) is 2. The number of carbonyl (C=O) groups excluding carboxylic acids is 1. The predicted octanol–water partition coefficient (Wildman–Crippen LogP) is 2.97. The van der Waals surface area contributed by atoms with E-state index in [4.69, 9.17) is 14.7 Å². The Kier molecular flexibility index (Phi) is 6.51. The van der Waals surface area contributed by atoms with Gasteiger partial charge in [0.25, 0.3) is 0 Å². The Morgan fingerprint density at radius 3 is 2.64 bits per heavy atom. The third-order valence-electron chi connectivity index (χ3n) is 4.81. The molecule has 0 atom stereocenters. The Hall–Kier alpha value is -2.42. The van der Waals surface area contributed by atoms with Crippen LogP contribution < -0.4 is 14.8 Å². The van der Waals surface area contributed by atoms with E-state index in [-0.39, 0.29) is 11.4 Å². The fourth-order valence-electron chi connectivity index (χ4n) is 2.98. The monoisotopic (exact) mass is 345 g/mol.